The number of nitrogens with zero attached hydrogens (tertiary/aromatic N) is 7. The molecule has 4 aromatic heterocycles. The van der Waals surface area contributed by atoms with Crippen LogP contribution in [0.4, 0.5) is 5.82 Å². The number of piperazine rings is 1. The van der Waals surface area contributed by atoms with Crippen LogP contribution in [0, 0.1) is 6.92 Å². The number of hydrogen-bond donors (Lipinski definition) is 2. The monoisotopic (exact) mass is 427 g/mol. The topological polar surface area (TPSA) is 94.6 Å². The zero-order valence-electron chi connectivity index (χ0n) is 18.4. The van der Waals surface area contributed by atoms with Crippen LogP contribution in [0.25, 0.3) is 44.7 Å². The molecule has 0 aliphatic carbocycles. The predicted molar refractivity (Wildman–Crippen MR) is 126 cm³/mol. The van der Waals surface area contributed by atoms with E-state index < -0.39 is 0 Å². The molecule has 32 heavy (non-hydrogen) atoms. The Morgan fingerprint density at radius 2 is 1.81 bits per heavy atom. The molecule has 9 nitrogen and oxygen atoms in total. The lowest BCUT2D eigenvalue weighted by Crippen LogP contribution is -2.44. The average Bonchev–Trinajstić information content (AvgIpc) is 3.50. The zero-order chi connectivity index (χ0) is 21.8. The first-order valence-electron chi connectivity index (χ1n) is 10.8. The number of anilines is 1. The molecular weight excluding hydrogens is 402 g/mol. The highest BCUT2D eigenvalue weighted by atomic mass is 15.3. The lowest BCUT2D eigenvalue weighted by atomic mass is 10.1. The minimum atomic E-state index is 0.743. The maximum Gasteiger partial charge on any atom is 0.159 e. The smallest absolute Gasteiger partial charge is 0.159 e. The molecule has 0 bridgehead atoms. The molecule has 0 unspecified atom stereocenters. The molecule has 1 aliphatic rings. The van der Waals surface area contributed by atoms with Gasteiger partial charge in [0.15, 0.2) is 11.6 Å². The van der Waals surface area contributed by atoms with E-state index in [-0.39, 0.29) is 0 Å². The van der Waals surface area contributed by atoms with E-state index in [1.165, 1.54) is 0 Å². The Balaban J connectivity index is 1.45. The van der Waals surface area contributed by atoms with Gasteiger partial charge in [-0.3, -0.25) is 5.10 Å². The maximum atomic E-state index is 4.95. The summed E-state index contributed by atoms with van der Waals surface area (Å²) in [6.07, 6.45) is 3.76. The first kappa shape index (κ1) is 19.0. The number of likely N-dealkylation sites (N-methyl/N-ethyl adjacent to an activating group) is 1. The fraction of sp³-hybridized carbons (Fsp3) is 0.304. The number of rotatable bonds is 3. The first-order chi connectivity index (χ1) is 15.6. The summed E-state index contributed by atoms with van der Waals surface area (Å²) in [7, 11) is 4.19. The van der Waals surface area contributed by atoms with Gasteiger partial charge in [-0.25, -0.2) is 15.0 Å². The lowest BCUT2D eigenvalue weighted by Gasteiger charge is -2.33. The maximum absolute atomic E-state index is 4.95. The summed E-state index contributed by atoms with van der Waals surface area (Å²) >= 11 is 0. The van der Waals surface area contributed by atoms with E-state index >= 15 is 0 Å². The zero-order valence-corrected chi connectivity index (χ0v) is 18.4. The molecule has 1 aliphatic heterocycles. The molecule has 162 valence electrons. The summed E-state index contributed by atoms with van der Waals surface area (Å²) in [6.45, 7) is 5.95. The predicted octanol–water partition coefficient (Wildman–Crippen LogP) is 2.96. The van der Waals surface area contributed by atoms with E-state index in [0.29, 0.717) is 0 Å². The Kier molecular flexibility index (Phi) is 4.25. The molecule has 0 saturated carbocycles. The van der Waals surface area contributed by atoms with Crippen molar-refractivity contribution in [3.63, 3.8) is 0 Å². The molecule has 1 saturated heterocycles. The molecular formula is C23H25N9. The van der Waals surface area contributed by atoms with Gasteiger partial charge < -0.3 is 19.4 Å². The van der Waals surface area contributed by atoms with Crippen molar-refractivity contribution in [2.75, 3.05) is 38.1 Å². The summed E-state index contributed by atoms with van der Waals surface area (Å²) in [5, 5.41) is 8.76. The van der Waals surface area contributed by atoms with Crippen molar-refractivity contribution in [2.45, 2.75) is 6.92 Å². The SMILES string of the molecule is Cc1ncc(-c2ccc3[nH]nc(-c4nc5c(N6CCN(C)CC6)nccc5[nH]4)c3c2)n1C. The Labute approximate surface area is 185 Å². The van der Waals surface area contributed by atoms with E-state index in [1.807, 2.05) is 32.4 Å². The Morgan fingerprint density at radius 1 is 0.969 bits per heavy atom. The van der Waals surface area contributed by atoms with Gasteiger partial charge in [-0.1, -0.05) is 6.07 Å². The van der Waals surface area contributed by atoms with Gasteiger partial charge in [0.25, 0.3) is 0 Å². The Bertz CT molecular complexity index is 1430. The molecule has 2 N–H and O–H groups in total. The number of aromatic nitrogens is 7. The fourth-order valence-corrected chi connectivity index (χ4v) is 4.41. The van der Waals surface area contributed by atoms with Crippen LogP contribution in [0.3, 0.4) is 0 Å². The van der Waals surface area contributed by atoms with Gasteiger partial charge in [-0.05, 0) is 32.2 Å². The van der Waals surface area contributed by atoms with Crippen molar-refractivity contribution in [1.82, 2.24) is 39.6 Å². The Hall–Kier alpha value is -3.72. The quantitative estimate of drug-likeness (QED) is 0.460. The van der Waals surface area contributed by atoms with E-state index in [9.17, 15) is 0 Å². The molecule has 0 atom stereocenters. The molecule has 0 amide bonds. The van der Waals surface area contributed by atoms with Crippen LogP contribution in [0.5, 0.6) is 0 Å². The number of benzene rings is 1. The second-order valence-electron chi connectivity index (χ2n) is 8.49. The van der Waals surface area contributed by atoms with Gasteiger partial charge in [0.2, 0.25) is 0 Å². The molecule has 1 fully saturated rings. The number of H-pyrrole nitrogens is 2. The molecule has 5 aromatic rings. The number of imidazole rings is 2. The molecule has 9 heteroatoms. The van der Waals surface area contributed by atoms with Crippen LogP contribution in [0.15, 0.2) is 36.7 Å². The first-order valence-corrected chi connectivity index (χ1v) is 10.8. The highest BCUT2D eigenvalue weighted by Gasteiger charge is 2.21. The summed E-state index contributed by atoms with van der Waals surface area (Å²) in [5.41, 5.74) is 5.81. The minimum absolute atomic E-state index is 0.743. The summed E-state index contributed by atoms with van der Waals surface area (Å²) in [5.74, 6) is 2.66. The molecule has 1 aromatic carbocycles. The van der Waals surface area contributed by atoms with Crippen molar-refractivity contribution in [1.29, 1.82) is 0 Å². The third kappa shape index (κ3) is 2.96. The lowest BCUT2D eigenvalue weighted by molar-refractivity contribution is 0.312. The summed E-state index contributed by atoms with van der Waals surface area (Å²) in [6, 6.07) is 8.28. The number of aromatic amines is 2. The highest BCUT2D eigenvalue weighted by molar-refractivity contribution is 5.96. The molecule has 5 heterocycles. The van der Waals surface area contributed by atoms with E-state index in [4.69, 9.17) is 4.98 Å². The molecule has 0 spiro atoms. The number of aryl methyl sites for hydroxylation is 1. The van der Waals surface area contributed by atoms with Crippen molar-refractivity contribution in [2.24, 2.45) is 7.05 Å². The molecule has 6 rings (SSSR count). The number of pyridine rings is 1. The normalized spacial score (nSPS) is 15.3. The van der Waals surface area contributed by atoms with Gasteiger partial charge in [-0.2, -0.15) is 5.10 Å². The van der Waals surface area contributed by atoms with Crippen molar-refractivity contribution in [3.8, 4) is 22.8 Å². The van der Waals surface area contributed by atoms with E-state index in [1.54, 1.807) is 0 Å². The number of nitrogens with one attached hydrogen (secondary N) is 2. The largest absolute Gasteiger partial charge is 0.352 e. The van der Waals surface area contributed by atoms with Crippen LogP contribution in [0.2, 0.25) is 0 Å². The van der Waals surface area contributed by atoms with Crippen LogP contribution < -0.4 is 4.90 Å². The summed E-state index contributed by atoms with van der Waals surface area (Å²) in [4.78, 5) is 22.2. The highest BCUT2D eigenvalue weighted by Crippen LogP contribution is 2.32. The summed E-state index contributed by atoms with van der Waals surface area (Å²) < 4.78 is 2.09. The van der Waals surface area contributed by atoms with Gasteiger partial charge in [0.1, 0.15) is 17.0 Å². The number of fused-ring (bicyclic) bond motifs is 2. The number of hydrogen-bond acceptors (Lipinski definition) is 6. The average molecular weight is 428 g/mol. The van der Waals surface area contributed by atoms with Crippen molar-refractivity contribution < 1.29 is 0 Å². The minimum Gasteiger partial charge on any atom is -0.352 e. The van der Waals surface area contributed by atoms with Crippen molar-refractivity contribution >= 4 is 27.8 Å². The van der Waals surface area contributed by atoms with Crippen molar-refractivity contribution in [3.05, 3.63) is 42.5 Å². The van der Waals surface area contributed by atoms with Crippen LogP contribution in [-0.4, -0.2) is 72.8 Å². The Morgan fingerprint density at radius 3 is 2.59 bits per heavy atom. The van der Waals surface area contributed by atoms with Gasteiger partial charge in [0, 0.05) is 50.4 Å². The van der Waals surface area contributed by atoms with Gasteiger partial charge >= 0.3 is 0 Å². The standard InChI is InChI=1S/C23H25N9/c1-14-25-13-19(31(14)3)15-4-5-17-16(12-15)20(29-28-17)22-26-18-6-7-24-23(21(18)27-22)32-10-8-30(2)9-11-32/h4-7,12-13H,8-11H2,1-3H3,(H,26,27)(H,28,29). The second-order valence-corrected chi connectivity index (χ2v) is 8.49. The van der Waals surface area contributed by atoms with Crippen LogP contribution >= 0.6 is 0 Å². The second kappa shape index (κ2) is 7.16. The van der Waals surface area contributed by atoms with Gasteiger partial charge in [-0.15, -0.1) is 0 Å². The van der Waals surface area contributed by atoms with Crippen LogP contribution in [0.1, 0.15) is 5.82 Å². The third-order valence-corrected chi connectivity index (χ3v) is 6.49. The van der Waals surface area contributed by atoms with E-state index in [2.05, 4.69) is 64.8 Å². The third-order valence-electron chi connectivity index (χ3n) is 6.49. The molecule has 0 radical (unpaired) electrons. The van der Waals surface area contributed by atoms with Crippen LogP contribution in [-0.2, 0) is 7.05 Å². The van der Waals surface area contributed by atoms with Gasteiger partial charge in [0.05, 0.1) is 22.9 Å². The van der Waals surface area contributed by atoms with E-state index in [0.717, 1.165) is 82.5 Å². The fourth-order valence-electron chi connectivity index (χ4n) is 4.41.